The Bertz CT molecular complexity index is 1660. The smallest absolute Gasteiger partial charge is 0.255 e. The first-order valence-corrected chi connectivity index (χ1v) is 15.8. The third kappa shape index (κ3) is 4.04. The lowest BCUT2D eigenvalue weighted by Gasteiger charge is -2.59. The first-order valence-electron chi connectivity index (χ1n) is 15.8. The van der Waals surface area contributed by atoms with Gasteiger partial charge in [0, 0.05) is 28.1 Å². The molecule has 0 spiro atoms. The number of amides is 2. The van der Waals surface area contributed by atoms with Gasteiger partial charge in [-0.05, 0) is 98.8 Å². The third-order valence-electron chi connectivity index (χ3n) is 11.1. The van der Waals surface area contributed by atoms with E-state index < -0.39 is 0 Å². The largest absolute Gasteiger partial charge is 0.354 e. The number of nitrogens with zero attached hydrogens (tertiary/aromatic N) is 1. The standard InChI is InChI=1S/C37H39N3O2/c1-22-11-13-27(14-12-22)34-33(30-9-5-6-10-31(30)39-34)35-28-7-3-4-8-29(28)36(42)40(35)21-32(41)38-23(2)37-18-24-15-25(19-37)17-26(16-24)20-37/h3-14,23-26,35,39H,15-21H2,1-2H3,(H,38,41). The minimum atomic E-state index is -0.359. The van der Waals surface area contributed by atoms with E-state index in [4.69, 9.17) is 0 Å². The summed E-state index contributed by atoms with van der Waals surface area (Å²) >= 11 is 0. The molecule has 3 aromatic carbocycles. The summed E-state index contributed by atoms with van der Waals surface area (Å²) in [5.74, 6) is 2.36. The lowest BCUT2D eigenvalue weighted by Crippen LogP contribution is -2.56. The molecule has 5 heteroatoms. The maximum Gasteiger partial charge on any atom is 0.255 e. The highest BCUT2D eigenvalue weighted by atomic mass is 16.2. The fraction of sp³-hybridized carbons (Fsp3) is 0.405. The number of nitrogens with one attached hydrogen (secondary N) is 2. The van der Waals surface area contributed by atoms with Crippen LogP contribution in [0.3, 0.4) is 0 Å². The van der Waals surface area contributed by atoms with Gasteiger partial charge in [-0.25, -0.2) is 0 Å². The molecule has 4 bridgehead atoms. The molecule has 2 atom stereocenters. The summed E-state index contributed by atoms with van der Waals surface area (Å²) in [6.07, 6.45) is 7.88. The molecule has 1 aromatic heterocycles. The molecule has 4 saturated carbocycles. The molecule has 2 amide bonds. The third-order valence-corrected chi connectivity index (χ3v) is 11.1. The van der Waals surface area contributed by atoms with E-state index >= 15 is 0 Å². The van der Waals surface area contributed by atoms with E-state index in [1.54, 1.807) is 4.90 Å². The first-order chi connectivity index (χ1) is 20.4. The van der Waals surface area contributed by atoms with E-state index in [0.29, 0.717) is 5.56 Å². The van der Waals surface area contributed by atoms with Crippen molar-refractivity contribution in [1.82, 2.24) is 15.2 Å². The zero-order chi connectivity index (χ0) is 28.6. The van der Waals surface area contributed by atoms with Crippen molar-refractivity contribution in [2.45, 2.75) is 64.5 Å². The van der Waals surface area contributed by atoms with Crippen LogP contribution in [0.5, 0.6) is 0 Å². The van der Waals surface area contributed by atoms with Crippen LogP contribution < -0.4 is 5.32 Å². The highest BCUT2D eigenvalue weighted by Crippen LogP contribution is 2.61. The summed E-state index contributed by atoms with van der Waals surface area (Å²) in [5, 5.41) is 4.50. The van der Waals surface area contributed by atoms with Crippen LogP contribution in [-0.2, 0) is 4.79 Å². The second-order valence-electron chi connectivity index (χ2n) is 13.8. The fourth-order valence-electron chi connectivity index (χ4n) is 9.54. The van der Waals surface area contributed by atoms with Crippen molar-refractivity contribution in [3.63, 3.8) is 0 Å². The molecule has 2 unspecified atom stereocenters. The summed E-state index contributed by atoms with van der Waals surface area (Å²) in [7, 11) is 0. The highest BCUT2D eigenvalue weighted by molar-refractivity contribution is 6.03. The van der Waals surface area contributed by atoms with Crippen molar-refractivity contribution in [3.8, 4) is 11.3 Å². The molecule has 1 aliphatic heterocycles. The maximum absolute atomic E-state index is 14.0. The van der Waals surface area contributed by atoms with Crippen LogP contribution in [-0.4, -0.2) is 34.3 Å². The van der Waals surface area contributed by atoms with Crippen molar-refractivity contribution in [3.05, 3.63) is 95.1 Å². The number of rotatable bonds is 6. The van der Waals surface area contributed by atoms with E-state index in [1.807, 2.05) is 30.3 Å². The Morgan fingerprint density at radius 2 is 1.57 bits per heavy atom. The lowest BCUT2D eigenvalue weighted by molar-refractivity contribution is -0.126. The van der Waals surface area contributed by atoms with Gasteiger partial charge in [0.25, 0.3) is 5.91 Å². The molecule has 9 rings (SSSR count). The molecule has 5 aliphatic rings. The molecule has 214 valence electrons. The van der Waals surface area contributed by atoms with Crippen molar-refractivity contribution >= 4 is 22.7 Å². The number of hydrogen-bond donors (Lipinski definition) is 2. The molecule has 4 aromatic rings. The van der Waals surface area contributed by atoms with Crippen LogP contribution >= 0.6 is 0 Å². The fourth-order valence-corrected chi connectivity index (χ4v) is 9.54. The number of fused-ring (bicyclic) bond motifs is 2. The molecule has 4 fully saturated rings. The van der Waals surface area contributed by atoms with E-state index in [-0.39, 0.29) is 35.9 Å². The van der Waals surface area contributed by atoms with Crippen LogP contribution in [0.15, 0.2) is 72.8 Å². The highest BCUT2D eigenvalue weighted by Gasteiger charge is 2.53. The lowest BCUT2D eigenvalue weighted by atomic mass is 9.48. The molecular formula is C37H39N3O2. The van der Waals surface area contributed by atoms with Crippen molar-refractivity contribution < 1.29 is 9.59 Å². The molecule has 2 N–H and O–H groups in total. The zero-order valence-electron chi connectivity index (χ0n) is 24.5. The van der Waals surface area contributed by atoms with E-state index in [9.17, 15) is 9.59 Å². The average Bonchev–Trinajstić information content (AvgIpc) is 3.47. The number of para-hydroxylation sites is 1. The molecule has 2 heterocycles. The van der Waals surface area contributed by atoms with Crippen LogP contribution in [0, 0.1) is 30.1 Å². The van der Waals surface area contributed by atoms with Crippen LogP contribution in [0.1, 0.15) is 78.5 Å². The number of H-pyrrole nitrogens is 1. The molecule has 42 heavy (non-hydrogen) atoms. The Morgan fingerprint density at radius 1 is 0.929 bits per heavy atom. The van der Waals surface area contributed by atoms with Gasteiger partial charge in [0.1, 0.15) is 6.54 Å². The molecule has 5 nitrogen and oxygen atoms in total. The van der Waals surface area contributed by atoms with Crippen molar-refractivity contribution in [2.75, 3.05) is 6.54 Å². The predicted octanol–water partition coefficient (Wildman–Crippen LogP) is 7.41. The second kappa shape index (κ2) is 9.58. The van der Waals surface area contributed by atoms with Crippen LogP contribution in [0.4, 0.5) is 0 Å². The number of hydrogen-bond acceptors (Lipinski definition) is 2. The Labute approximate surface area is 247 Å². The normalized spacial score (nSPS) is 28.3. The average molecular weight is 558 g/mol. The molecule has 4 aliphatic carbocycles. The van der Waals surface area contributed by atoms with Gasteiger partial charge in [-0.2, -0.15) is 0 Å². The van der Waals surface area contributed by atoms with Gasteiger partial charge in [0.15, 0.2) is 0 Å². The van der Waals surface area contributed by atoms with E-state index in [2.05, 4.69) is 66.6 Å². The number of benzene rings is 3. The van der Waals surface area contributed by atoms with Crippen LogP contribution in [0.2, 0.25) is 0 Å². The van der Waals surface area contributed by atoms with Gasteiger partial charge < -0.3 is 15.2 Å². The number of aryl methyl sites for hydroxylation is 1. The summed E-state index contributed by atoms with van der Waals surface area (Å²) < 4.78 is 0. The van der Waals surface area contributed by atoms with Gasteiger partial charge >= 0.3 is 0 Å². The van der Waals surface area contributed by atoms with Gasteiger partial charge in [0.2, 0.25) is 5.91 Å². The summed E-state index contributed by atoms with van der Waals surface area (Å²) in [6.45, 7) is 4.35. The maximum atomic E-state index is 14.0. The molecule has 0 saturated heterocycles. The Morgan fingerprint density at radius 3 is 2.29 bits per heavy atom. The minimum absolute atomic E-state index is 0.0434. The van der Waals surface area contributed by atoms with Crippen molar-refractivity contribution in [2.24, 2.45) is 23.2 Å². The summed E-state index contributed by atoms with van der Waals surface area (Å²) in [5.41, 5.74) is 7.21. The monoisotopic (exact) mass is 557 g/mol. The quantitative estimate of drug-likeness (QED) is 0.259. The zero-order valence-corrected chi connectivity index (χ0v) is 24.5. The molecular weight excluding hydrogens is 518 g/mol. The molecule has 0 radical (unpaired) electrons. The number of carbonyl (C=O) groups is 2. The summed E-state index contributed by atoms with van der Waals surface area (Å²) in [6, 6.07) is 24.4. The SMILES string of the molecule is Cc1ccc(-c2[nH]c3ccccc3c2C2c3ccccc3C(=O)N2CC(=O)NC(C)C23CC4CC(CC(C4)C2)C3)cc1. The van der Waals surface area contributed by atoms with E-state index in [0.717, 1.165) is 51.0 Å². The van der Waals surface area contributed by atoms with Crippen LogP contribution in [0.25, 0.3) is 22.2 Å². The van der Waals surface area contributed by atoms with Crippen molar-refractivity contribution in [1.29, 1.82) is 0 Å². The predicted molar refractivity (Wildman–Crippen MR) is 166 cm³/mol. The van der Waals surface area contributed by atoms with Gasteiger partial charge in [0.05, 0.1) is 11.7 Å². The van der Waals surface area contributed by atoms with Gasteiger partial charge in [-0.1, -0.05) is 66.2 Å². The number of aromatic amines is 1. The van der Waals surface area contributed by atoms with Gasteiger partial charge in [-0.3, -0.25) is 9.59 Å². The minimum Gasteiger partial charge on any atom is -0.354 e. The number of carbonyl (C=O) groups excluding carboxylic acids is 2. The Hall–Kier alpha value is -3.86. The Kier molecular flexibility index (Phi) is 5.89. The topological polar surface area (TPSA) is 65.2 Å². The number of aromatic nitrogens is 1. The summed E-state index contributed by atoms with van der Waals surface area (Å²) in [4.78, 5) is 33.3. The Balaban J connectivity index is 1.15. The first kappa shape index (κ1) is 25.8. The van der Waals surface area contributed by atoms with E-state index in [1.165, 1.54) is 44.1 Å². The second-order valence-corrected chi connectivity index (χ2v) is 13.8. The van der Waals surface area contributed by atoms with Gasteiger partial charge in [-0.15, -0.1) is 0 Å².